The Labute approximate surface area is 232 Å². The van der Waals surface area contributed by atoms with Crippen LogP contribution in [0.5, 0.6) is 11.5 Å². The van der Waals surface area contributed by atoms with Crippen LogP contribution in [-0.4, -0.2) is 30.5 Å². The normalized spacial score (nSPS) is 17.1. The van der Waals surface area contributed by atoms with Crippen molar-refractivity contribution in [3.05, 3.63) is 93.5 Å². The number of ketones is 1. The van der Waals surface area contributed by atoms with Crippen LogP contribution in [0.4, 0.5) is 5.69 Å². The van der Waals surface area contributed by atoms with Gasteiger partial charge in [-0.3, -0.25) is 14.5 Å². The third kappa shape index (κ3) is 5.34. The first kappa shape index (κ1) is 27.5. The minimum Gasteiger partial charge on any atom is -0.507 e. The lowest BCUT2D eigenvalue weighted by molar-refractivity contribution is -0.132. The second-order valence-electron chi connectivity index (χ2n) is 10.2. The zero-order valence-electron chi connectivity index (χ0n) is 22.2. The molecule has 1 fully saturated rings. The molecule has 1 N–H and O–H groups in total. The molecule has 7 heteroatoms. The fourth-order valence-electron chi connectivity index (χ4n) is 4.49. The lowest BCUT2D eigenvalue weighted by atomic mass is 9.85. The summed E-state index contributed by atoms with van der Waals surface area (Å²) < 4.78 is 11.7. The second-order valence-corrected chi connectivity index (χ2v) is 11.1. The summed E-state index contributed by atoms with van der Waals surface area (Å²) >= 11 is 3.44. The predicted molar refractivity (Wildman–Crippen MR) is 153 cm³/mol. The first-order chi connectivity index (χ1) is 18.1. The number of Topliss-reactive ketones (excluding diaryl/α,β-unsaturated/α-hetero) is 1. The molecule has 4 rings (SSSR count). The van der Waals surface area contributed by atoms with Gasteiger partial charge in [-0.05, 0) is 69.2 Å². The Morgan fingerprint density at radius 3 is 2.34 bits per heavy atom. The number of carbonyl (C=O) groups excluding carboxylic acids is 2. The Hall–Kier alpha value is -3.58. The highest BCUT2D eigenvalue weighted by molar-refractivity contribution is 9.10. The number of aliphatic hydroxyl groups excluding tert-OH is 1. The van der Waals surface area contributed by atoms with Crippen molar-refractivity contribution in [3.63, 3.8) is 0 Å². The summed E-state index contributed by atoms with van der Waals surface area (Å²) in [5, 5.41) is 11.4. The first-order valence-corrected chi connectivity index (χ1v) is 13.3. The molecule has 0 saturated carbocycles. The molecule has 0 radical (unpaired) electrons. The number of carbonyl (C=O) groups is 2. The highest BCUT2D eigenvalue weighted by Crippen LogP contribution is 2.43. The average molecular weight is 579 g/mol. The Bertz CT molecular complexity index is 1390. The van der Waals surface area contributed by atoms with Crippen LogP contribution in [0.2, 0.25) is 0 Å². The SMILES string of the molecule is CCCOc1cccc(N2C(=O)C(=O)/C(=C(/O)c3ccc(OC)c(Br)c3)C2c2ccc(C(C)(C)C)cc2)c1. The van der Waals surface area contributed by atoms with Crippen molar-refractivity contribution in [2.24, 2.45) is 0 Å². The lowest BCUT2D eigenvalue weighted by Crippen LogP contribution is -2.29. The van der Waals surface area contributed by atoms with Gasteiger partial charge in [0.2, 0.25) is 0 Å². The largest absolute Gasteiger partial charge is 0.507 e. The first-order valence-electron chi connectivity index (χ1n) is 12.5. The molecule has 0 aromatic heterocycles. The molecule has 1 unspecified atom stereocenters. The highest BCUT2D eigenvalue weighted by Gasteiger charge is 2.47. The molecule has 3 aromatic rings. The molecule has 198 valence electrons. The molecule has 6 nitrogen and oxygen atoms in total. The average Bonchev–Trinajstić information content (AvgIpc) is 3.16. The van der Waals surface area contributed by atoms with Crippen molar-refractivity contribution in [1.82, 2.24) is 0 Å². The molecule has 1 atom stereocenters. The minimum absolute atomic E-state index is 0.0236. The standard InChI is InChI=1S/C31H32BrNO5/c1-6-16-38-23-9-7-8-22(18-23)33-27(19-10-13-21(14-11-19)31(2,3)4)26(29(35)30(33)36)28(34)20-12-15-25(37-5)24(32)17-20/h7-15,17-18,27,34H,6,16H2,1-5H3/b28-26+. The number of anilines is 1. The lowest BCUT2D eigenvalue weighted by Gasteiger charge is -2.27. The van der Waals surface area contributed by atoms with Gasteiger partial charge in [0.05, 0.1) is 29.8 Å². The van der Waals surface area contributed by atoms with Gasteiger partial charge < -0.3 is 14.6 Å². The van der Waals surface area contributed by atoms with E-state index in [0.717, 1.165) is 12.0 Å². The number of rotatable bonds is 7. The van der Waals surface area contributed by atoms with Crippen LogP contribution in [0.15, 0.2) is 76.8 Å². The van der Waals surface area contributed by atoms with Crippen LogP contribution in [0.25, 0.3) is 5.76 Å². The smallest absolute Gasteiger partial charge is 0.300 e. The Kier molecular flexibility index (Phi) is 7.97. The maximum atomic E-state index is 13.5. The number of aliphatic hydroxyl groups is 1. The predicted octanol–water partition coefficient (Wildman–Crippen LogP) is 7.17. The summed E-state index contributed by atoms with van der Waals surface area (Å²) in [6.07, 6.45) is 0.840. The van der Waals surface area contributed by atoms with Crippen LogP contribution in [-0.2, 0) is 15.0 Å². The summed E-state index contributed by atoms with van der Waals surface area (Å²) in [5.41, 5.74) is 2.70. The van der Waals surface area contributed by atoms with Gasteiger partial charge in [0.1, 0.15) is 17.3 Å². The summed E-state index contributed by atoms with van der Waals surface area (Å²) in [6.45, 7) is 8.92. The van der Waals surface area contributed by atoms with Crippen LogP contribution in [0.1, 0.15) is 56.8 Å². The van der Waals surface area contributed by atoms with Gasteiger partial charge in [-0.25, -0.2) is 0 Å². The maximum absolute atomic E-state index is 13.5. The van der Waals surface area contributed by atoms with Crippen molar-refractivity contribution in [3.8, 4) is 11.5 Å². The van der Waals surface area contributed by atoms with Gasteiger partial charge >= 0.3 is 0 Å². The van der Waals surface area contributed by atoms with Crippen LogP contribution in [0, 0.1) is 0 Å². The zero-order valence-corrected chi connectivity index (χ0v) is 23.8. The third-order valence-electron chi connectivity index (χ3n) is 6.53. The summed E-state index contributed by atoms with van der Waals surface area (Å²) in [5.74, 6) is -0.527. The molecule has 38 heavy (non-hydrogen) atoms. The fourth-order valence-corrected chi connectivity index (χ4v) is 5.03. The molecule has 1 saturated heterocycles. The van der Waals surface area contributed by atoms with E-state index < -0.39 is 17.7 Å². The number of methoxy groups -OCH3 is 1. The van der Waals surface area contributed by atoms with E-state index in [-0.39, 0.29) is 16.7 Å². The van der Waals surface area contributed by atoms with E-state index in [1.165, 1.54) is 4.90 Å². The van der Waals surface area contributed by atoms with Crippen molar-refractivity contribution in [1.29, 1.82) is 0 Å². The number of ether oxygens (including phenoxy) is 2. The van der Waals surface area contributed by atoms with E-state index in [4.69, 9.17) is 9.47 Å². The Morgan fingerprint density at radius 1 is 1.03 bits per heavy atom. The maximum Gasteiger partial charge on any atom is 0.300 e. The molecule has 1 aliphatic heterocycles. The van der Waals surface area contributed by atoms with E-state index in [1.807, 2.05) is 37.3 Å². The minimum atomic E-state index is -0.827. The summed E-state index contributed by atoms with van der Waals surface area (Å²) in [6, 6.07) is 19.1. The van der Waals surface area contributed by atoms with Gasteiger partial charge in [0, 0.05) is 17.3 Å². The highest BCUT2D eigenvalue weighted by atomic mass is 79.9. The molecular weight excluding hydrogens is 546 g/mol. The van der Waals surface area contributed by atoms with E-state index in [9.17, 15) is 14.7 Å². The molecule has 1 amide bonds. The van der Waals surface area contributed by atoms with E-state index in [0.29, 0.717) is 39.4 Å². The quantitative estimate of drug-likeness (QED) is 0.183. The number of nitrogens with zero attached hydrogens (tertiary/aromatic N) is 1. The molecule has 0 aliphatic carbocycles. The number of hydrogen-bond donors (Lipinski definition) is 1. The van der Waals surface area contributed by atoms with E-state index in [1.54, 1.807) is 43.5 Å². The monoisotopic (exact) mass is 577 g/mol. The second kappa shape index (κ2) is 11.0. The fraction of sp³-hybridized carbons (Fsp3) is 0.290. The summed E-state index contributed by atoms with van der Waals surface area (Å²) in [7, 11) is 1.55. The van der Waals surface area contributed by atoms with Gasteiger partial charge in [0.25, 0.3) is 11.7 Å². The summed E-state index contributed by atoms with van der Waals surface area (Å²) in [4.78, 5) is 28.5. The van der Waals surface area contributed by atoms with E-state index in [2.05, 4.69) is 36.7 Å². The van der Waals surface area contributed by atoms with Crippen LogP contribution < -0.4 is 14.4 Å². The molecule has 1 heterocycles. The van der Waals surface area contributed by atoms with Crippen molar-refractivity contribution < 1.29 is 24.2 Å². The third-order valence-corrected chi connectivity index (χ3v) is 7.15. The Morgan fingerprint density at radius 2 is 1.74 bits per heavy atom. The zero-order chi connectivity index (χ0) is 27.6. The van der Waals surface area contributed by atoms with Gasteiger partial charge in [-0.2, -0.15) is 0 Å². The topological polar surface area (TPSA) is 76.1 Å². The molecule has 0 spiro atoms. The number of amides is 1. The van der Waals surface area contributed by atoms with Gasteiger partial charge in [-0.15, -0.1) is 0 Å². The number of halogens is 1. The molecular formula is C31H32BrNO5. The van der Waals surface area contributed by atoms with Crippen LogP contribution >= 0.6 is 15.9 Å². The van der Waals surface area contributed by atoms with Gasteiger partial charge in [0.15, 0.2) is 0 Å². The number of hydrogen-bond acceptors (Lipinski definition) is 5. The van der Waals surface area contributed by atoms with Crippen molar-refractivity contribution in [2.45, 2.75) is 45.6 Å². The van der Waals surface area contributed by atoms with Gasteiger partial charge in [-0.1, -0.05) is 58.0 Å². The molecule has 1 aliphatic rings. The molecule has 0 bridgehead atoms. The van der Waals surface area contributed by atoms with Crippen LogP contribution in [0.3, 0.4) is 0 Å². The van der Waals surface area contributed by atoms with E-state index >= 15 is 0 Å². The Balaban J connectivity index is 1.90. The van der Waals surface area contributed by atoms with Crippen molar-refractivity contribution >= 4 is 39.1 Å². The number of benzene rings is 3. The molecule has 3 aromatic carbocycles. The van der Waals surface area contributed by atoms with Crippen molar-refractivity contribution in [2.75, 3.05) is 18.6 Å².